The van der Waals surface area contributed by atoms with Crippen LogP contribution in [0.5, 0.6) is 0 Å². The molecule has 0 bridgehead atoms. The van der Waals surface area contributed by atoms with Crippen molar-refractivity contribution >= 4 is 0 Å². The van der Waals surface area contributed by atoms with Crippen LogP contribution >= 0.6 is 0 Å². The molecule has 0 aliphatic heterocycles. The zero-order valence-corrected chi connectivity index (χ0v) is 6.69. The number of hydrogen-bond acceptors (Lipinski definition) is 0. The van der Waals surface area contributed by atoms with Gasteiger partial charge in [-0.1, -0.05) is 23.8 Å². The second-order valence-corrected chi connectivity index (χ2v) is 2.04. The normalized spacial score (nSPS) is 14.8. The summed E-state index contributed by atoms with van der Waals surface area (Å²) >= 11 is 0. The summed E-state index contributed by atoms with van der Waals surface area (Å²) in [6, 6.07) is 0. The van der Waals surface area contributed by atoms with E-state index in [0.717, 1.165) is 5.57 Å². The lowest BCUT2D eigenvalue weighted by Crippen LogP contribution is -1.66. The maximum atomic E-state index is 12.4. The predicted octanol–water partition coefficient (Wildman–Crippen LogP) is 3.38. The molecule has 0 aromatic heterocycles. The quantitative estimate of drug-likeness (QED) is 0.516. The summed E-state index contributed by atoms with van der Waals surface area (Å²) in [6.45, 7) is 5.53. The first-order valence-electron chi connectivity index (χ1n) is 3.33. The number of hydrogen-bond donors (Lipinski definition) is 0. The lowest BCUT2D eigenvalue weighted by atomic mass is 10.2. The first-order chi connectivity index (χ1) is 4.70. The molecule has 1 heteroatoms. The zero-order valence-electron chi connectivity index (χ0n) is 6.69. The van der Waals surface area contributed by atoms with Crippen molar-refractivity contribution in [1.29, 1.82) is 0 Å². The van der Waals surface area contributed by atoms with E-state index in [1.165, 1.54) is 12.2 Å². The zero-order chi connectivity index (χ0) is 7.98. The molecule has 0 aliphatic rings. The lowest BCUT2D eigenvalue weighted by Gasteiger charge is -1.86. The van der Waals surface area contributed by atoms with E-state index in [1.807, 2.05) is 19.9 Å². The van der Waals surface area contributed by atoms with Gasteiger partial charge in [0.05, 0.1) is 0 Å². The number of allylic oxidation sites excluding steroid dienone is 6. The Kier molecular flexibility index (Phi) is 4.55. The number of rotatable bonds is 2. The third kappa shape index (κ3) is 4.07. The van der Waals surface area contributed by atoms with E-state index in [1.54, 1.807) is 13.0 Å². The highest BCUT2D eigenvalue weighted by Crippen LogP contribution is 2.01. The molecule has 0 fully saturated rings. The smallest absolute Gasteiger partial charge is 0.118 e. The SMILES string of the molecule is C/C=C(C)/C=C\C(F)=C/C. The van der Waals surface area contributed by atoms with Crippen LogP contribution in [0.2, 0.25) is 0 Å². The van der Waals surface area contributed by atoms with Crippen LogP contribution in [0.3, 0.4) is 0 Å². The van der Waals surface area contributed by atoms with Crippen molar-refractivity contribution in [1.82, 2.24) is 0 Å². The Labute approximate surface area is 61.8 Å². The van der Waals surface area contributed by atoms with Crippen LogP contribution < -0.4 is 0 Å². The molecule has 0 aromatic carbocycles. The highest BCUT2D eigenvalue weighted by Gasteiger charge is 1.81. The standard InChI is InChI=1S/C9H13F/c1-4-8(3)6-7-9(10)5-2/h4-7H,1-3H3/b7-6-,8-4+,9-5+. The molecular weight excluding hydrogens is 127 g/mol. The molecule has 0 nitrogen and oxygen atoms in total. The molecular formula is C9H13F. The largest absolute Gasteiger partial charge is 0.207 e. The minimum Gasteiger partial charge on any atom is -0.207 e. The fraction of sp³-hybridized carbons (Fsp3) is 0.333. The Morgan fingerprint density at radius 3 is 2.10 bits per heavy atom. The maximum absolute atomic E-state index is 12.4. The van der Waals surface area contributed by atoms with Gasteiger partial charge in [0.15, 0.2) is 0 Å². The topological polar surface area (TPSA) is 0 Å². The van der Waals surface area contributed by atoms with Crippen molar-refractivity contribution in [3.63, 3.8) is 0 Å². The van der Waals surface area contributed by atoms with Crippen molar-refractivity contribution in [2.24, 2.45) is 0 Å². The van der Waals surface area contributed by atoms with Gasteiger partial charge >= 0.3 is 0 Å². The van der Waals surface area contributed by atoms with E-state index >= 15 is 0 Å². The molecule has 0 amide bonds. The Balaban J connectivity index is 4.01. The van der Waals surface area contributed by atoms with Crippen molar-refractivity contribution in [2.75, 3.05) is 0 Å². The summed E-state index contributed by atoms with van der Waals surface area (Å²) in [7, 11) is 0. The van der Waals surface area contributed by atoms with Crippen LogP contribution in [0.15, 0.2) is 35.7 Å². The molecule has 0 radical (unpaired) electrons. The van der Waals surface area contributed by atoms with Gasteiger partial charge in [0, 0.05) is 0 Å². The molecule has 0 saturated heterocycles. The average Bonchev–Trinajstić information content (AvgIpc) is 1.99. The Morgan fingerprint density at radius 2 is 1.70 bits per heavy atom. The van der Waals surface area contributed by atoms with Crippen LogP contribution in [0.1, 0.15) is 20.8 Å². The minimum absolute atomic E-state index is 0.193. The van der Waals surface area contributed by atoms with Crippen LogP contribution in [-0.2, 0) is 0 Å². The Morgan fingerprint density at radius 1 is 1.10 bits per heavy atom. The van der Waals surface area contributed by atoms with Gasteiger partial charge in [-0.25, -0.2) is 4.39 Å². The summed E-state index contributed by atoms with van der Waals surface area (Å²) in [4.78, 5) is 0. The van der Waals surface area contributed by atoms with Gasteiger partial charge < -0.3 is 0 Å². The number of halogens is 1. The Hall–Kier alpha value is -0.850. The van der Waals surface area contributed by atoms with E-state index in [9.17, 15) is 4.39 Å². The molecule has 0 unspecified atom stereocenters. The second kappa shape index (κ2) is 4.98. The van der Waals surface area contributed by atoms with Crippen molar-refractivity contribution < 1.29 is 4.39 Å². The fourth-order valence-corrected chi connectivity index (χ4v) is 0.404. The Bertz CT molecular complexity index is 153. The highest BCUT2D eigenvalue weighted by atomic mass is 19.1. The summed E-state index contributed by atoms with van der Waals surface area (Å²) in [6.07, 6.45) is 6.56. The predicted molar refractivity (Wildman–Crippen MR) is 43.4 cm³/mol. The first kappa shape index (κ1) is 9.15. The van der Waals surface area contributed by atoms with E-state index in [-0.39, 0.29) is 5.83 Å². The van der Waals surface area contributed by atoms with E-state index < -0.39 is 0 Å². The van der Waals surface area contributed by atoms with E-state index in [2.05, 4.69) is 0 Å². The molecule has 56 valence electrons. The van der Waals surface area contributed by atoms with Gasteiger partial charge in [0.1, 0.15) is 5.83 Å². The second-order valence-electron chi connectivity index (χ2n) is 2.04. The molecule has 10 heavy (non-hydrogen) atoms. The molecule has 0 saturated carbocycles. The van der Waals surface area contributed by atoms with Gasteiger partial charge in [-0.2, -0.15) is 0 Å². The van der Waals surface area contributed by atoms with Gasteiger partial charge in [-0.15, -0.1) is 0 Å². The first-order valence-corrected chi connectivity index (χ1v) is 3.33. The summed E-state index contributed by atoms with van der Waals surface area (Å²) in [5, 5.41) is 0. The molecule has 0 N–H and O–H groups in total. The van der Waals surface area contributed by atoms with Gasteiger partial charge in [-0.3, -0.25) is 0 Å². The minimum atomic E-state index is -0.193. The van der Waals surface area contributed by atoms with Crippen LogP contribution in [0.4, 0.5) is 4.39 Å². The molecule has 0 aliphatic carbocycles. The van der Waals surface area contributed by atoms with Crippen LogP contribution in [0.25, 0.3) is 0 Å². The van der Waals surface area contributed by atoms with E-state index in [4.69, 9.17) is 0 Å². The third-order valence-electron chi connectivity index (χ3n) is 1.24. The molecule has 0 aromatic rings. The van der Waals surface area contributed by atoms with Gasteiger partial charge in [0.2, 0.25) is 0 Å². The van der Waals surface area contributed by atoms with E-state index in [0.29, 0.717) is 0 Å². The van der Waals surface area contributed by atoms with Crippen molar-refractivity contribution in [3.05, 3.63) is 35.7 Å². The van der Waals surface area contributed by atoms with Crippen LogP contribution in [-0.4, -0.2) is 0 Å². The average molecular weight is 140 g/mol. The molecule has 0 heterocycles. The maximum Gasteiger partial charge on any atom is 0.118 e. The van der Waals surface area contributed by atoms with Crippen molar-refractivity contribution in [3.8, 4) is 0 Å². The summed E-state index contributed by atoms with van der Waals surface area (Å²) in [5.41, 5.74) is 1.07. The lowest BCUT2D eigenvalue weighted by molar-refractivity contribution is 0.665. The monoisotopic (exact) mass is 140 g/mol. The third-order valence-corrected chi connectivity index (χ3v) is 1.24. The van der Waals surface area contributed by atoms with Gasteiger partial charge in [0.25, 0.3) is 0 Å². The molecule has 0 rings (SSSR count). The van der Waals surface area contributed by atoms with Crippen molar-refractivity contribution in [2.45, 2.75) is 20.8 Å². The highest BCUT2D eigenvalue weighted by molar-refractivity contribution is 5.22. The summed E-state index contributed by atoms with van der Waals surface area (Å²) < 4.78 is 12.4. The summed E-state index contributed by atoms with van der Waals surface area (Å²) in [5.74, 6) is -0.193. The fourth-order valence-electron chi connectivity index (χ4n) is 0.404. The molecule has 0 spiro atoms. The van der Waals surface area contributed by atoms with Gasteiger partial charge in [-0.05, 0) is 26.8 Å². The van der Waals surface area contributed by atoms with Crippen LogP contribution in [0, 0.1) is 0 Å². The molecule has 0 atom stereocenters.